The number of carbonyl (C=O) groups excluding carboxylic acids is 1. The Bertz CT molecular complexity index is 440. The second-order valence-electron chi connectivity index (χ2n) is 3.21. The van der Waals surface area contributed by atoms with E-state index in [0.29, 0.717) is 15.7 Å². The van der Waals surface area contributed by atoms with E-state index in [9.17, 15) is 4.79 Å². The van der Waals surface area contributed by atoms with Crippen LogP contribution in [0.4, 0.5) is 5.69 Å². The normalized spacial score (nSPS) is 9.62. The van der Waals surface area contributed by atoms with Gasteiger partial charge in [-0.05, 0) is 18.2 Å². The van der Waals surface area contributed by atoms with Crippen LogP contribution in [-0.2, 0) is 4.79 Å². The Morgan fingerprint density at radius 3 is 2.69 bits per heavy atom. The Morgan fingerprint density at radius 2 is 2.12 bits per heavy atom. The molecule has 0 fully saturated rings. The van der Waals surface area contributed by atoms with Crippen molar-refractivity contribution in [3.05, 3.63) is 28.2 Å². The van der Waals surface area contributed by atoms with Crippen molar-refractivity contribution in [3.8, 4) is 6.07 Å². The first-order valence-electron chi connectivity index (χ1n) is 4.65. The van der Waals surface area contributed by atoms with Gasteiger partial charge in [-0.2, -0.15) is 5.26 Å². The topological polar surface area (TPSA) is 44.1 Å². The molecule has 0 radical (unpaired) electrons. The highest BCUT2D eigenvalue weighted by Crippen LogP contribution is 2.26. The zero-order valence-corrected chi connectivity index (χ0v) is 10.2. The maximum Gasteiger partial charge on any atom is 0.227 e. The number of rotatable bonds is 3. The van der Waals surface area contributed by atoms with Crippen LogP contribution in [0.25, 0.3) is 0 Å². The van der Waals surface area contributed by atoms with Crippen LogP contribution in [-0.4, -0.2) is 13.0 Å². The monoisotopic (exact) mass is 256 g/mol. The van der Waals surface area contributed by atoms with E-state index in [1.807, 2.05) is 6.07 Å². The summed E-state index contributed by atoms with van der Waals surface area (Å²) in [5.41, 5.74) is 0.664. The van der Waals surface area contributed by atoms with E-state index in [1.54, 1.807) is 25.2 Å². The fourth-order valence-corrected chi connectivity index (χ4v) is 1.46. The number of hydrogen-bond acceptors (Lipinski definition) is 2. The van der Waals surface area contributed by atoms with Gasteiger partial charge < -0.3 is 4.90 Å². The molecule has 0 N–H and O–H groups in total. The summed E-state index contributed by atoms with van der Waals surface area (Å²) in [5.74, 6) is -0.125. The predicted molar refractivity (Wildman–Crippen MR) is 64.7 cm³/mol. The van der Waals surface area contributed by atoms with Gasteiger partial charge in [0.2, 0.25) is 5.91 Å². The lowest BCUT2D eigenvalue weighted by Crippen LogP contribution is -2.25. The van der Waals surface area contributed by atoms with Gasteiger partial charge in [-0.15, -0.1) is 0 Å². The third-order valence-corrected chi connectivity index (χ3v) is 2.85. The predicted octanol–water partition coefficient (Wildman–Crippen LogP) is 3.26. The summed E-state index contributed by atoms with van der Waals surface area (Å²) in [6, 6.07) is 6.89. The van der Waals surface area contributed by atoms with Gasteiger partial charge in [0.25, 0.3) is 0 Å². The number of hydrogen-bond donors (Lipinski definition) is 0. The molecule has 0 spiro atoms. The van der Waals surface area contributed by atoms with E-state index in [2.05, 4.69) is 0 Å². The number of amides is 1. The zero-order chi connectivity index (χ0) is 12.1. The third-order valence-electron chi connectivity index (χ3n) is 2.12. The molecule has 1 rings (SSSR count). The minimum atomic E-state index is -0.125. The van der Waals surface area contributed by atoms with Crippen LogP contribution >= 0.6 is 23.2 Å². The van der Waals surface area contributed by atoms with Gasteiger partial charge in [0.1, 0.15) is 0 Å². The highest BCUT2D eigenvalue weighted by atomic mass is 35.5. The fourth-order valence-electron chi connectivity index (χ4n) is 1.17. The molecule has 0 aliphatic carbocycles. The highest BCUT2D eigenvalue weighted by Gasteiger charge is 2.11. The maximum atomic E-state index is 11.6. The number of nitrogens with zero attached hydrogens (tertiary/aromatic N) is 2. The second kappa shape index (κ2) is 5.74. The summed E-state index contributed by atoms with van der Waals surface area (Å²) in [6.45, 7) is 0. The SMILES string of the molecule is CN(C(=O)CCC#N)c1ccc(Cl)c(Cl)c1. The van der Waals surface area contributed by atoms with E-state index < -0.39 is 0 Å². The Morgan fingerprint density at radius 1 is 1.44 bits per heavy atom. The van der Waals surface area contributed by atoms with Crippen molar-refractivity contribution < 1.29 is 4.79 Å². The Labute approximate surface area is 104 Å². The molecule has 0 aliphatic heterocycles. The zero-order valence-electron chi connectivity index (χ0n) is 8.70. The first-order valence-corrected chi connectivity index (χ1v) is 5.40. The van der Waals surface area contributed by atoms with Gasteiger partial charge in [0.15, 0.2) is 0 Å². The smallest absolute Gasteiger partial charge is 0.227 e. The number of halogens is 2. The lowest BCUT2D eigenvalue weighted by atomic mass is 10.2. The Balaban J connectivity index is 2.80. The summed E-state index contributed by atoms with van der Waals surface area (Å²) >= 11 is 11.6. The standard InChI is InChI=1S/C11H10Cl2N2O/c1-15(11(16)3-2-6-14)8-4-5-9(12)10(13)7-8/h4-5,7H,2-3H2,1H3. The van der Waals surface area contributed by atoms with Crippen LogP contribution in [0.5, 0.6) is 0 Å². The van der Waals surface area contributed by atoms with E-state index in [4.69, 9.17) is 28.5 Å². The summed E-state index contributed by atoms with van der Waals surface area (Å²) < 4.78 is 0. The molecule has 1 aromatic carbocycles. The van der Waals surface area contributed by atoms with E-state index in [0.717, 1.165) is 0 Å². The first-order chi connectivity index (χ1) is 7.56. The molecule has 0 saturated carbocycles. The number of nitriles is 1. The summed E-state index contributed by atoms with van der Waals surface area (Å²) in [7, 11) is 1.64. The lowest BCUT2D eigenvalue weighted by Gasteiger charge is -2.17. The highest BCUT2D eigenvalue weighted by molar-refractivity contribution is 6.42. The van der Waals surface area contributed by atoms with Gasteiger partial charge in [0.05, 0.1) is 16.1 Å². The summed E-state index contributed by atoms with van der Waals surface area (Å²) in [5, 5.41) is 9.24. The molecule has 84 valence electrons. The van der Waals surface area contributed by atoms with E-state index in [1.165, 1.54) is 4.90 Å². The molecule has 1 amide bonds. The van der Waals surface area contributed by atoms with Gasteiger partial charge in [-0.25, -0.2) is 0 Å². The minimum absolute atomic E-state index is 0.125. The van der Waals surface area contributed by atoms with Crippen molar-refractivity contribution in [2.75, 3.05) is 11.9 Å². The molecule has 0 bridgehead atoms. The molecule has 0 saturated heterocycles. The summed E-state index contributed by atoms with van der Waals surface area (Å²) in [6.07, 6.45) is 0.414. The molecule has 1 aromatic rings. The Hall–Kier alpha value is -1.24. The third kappa shape index (κ3) is 3.13. The van der Waals surface area contributed by atoms with Gasteiger partial charge in [-0.1, -0.05) is 23.2 Å². The molecule has 0 aliphatic rings. The van der Waals surface area contributed by atoms with Crippen molar-refractivity contribution in [1.29, 1.82) is 5.26 Å². The van der Waals surface area contributed by atoms with Crippen molar-refractivity contribution >= 4 is 34.8 Å². The van der Waals surface area contributed by atoms with Gasteiger partial charge in [0, 0.05) is 25.6 Å². The maximum absolute atomic E-state index is 11.6. The van der Waals surface area contributed by atoms with Crippen LogP contribution in [0.2, 0.25) is 10.0 Å². The molecule has 5 heteroatoms. The number of carbonyl (C=O) groups is 1. The van der Waals surface area contributed by atoms with Crippen LogP contribution in [0, 0.1) is 11.3 Å². The van der Waals surface area contributed by atoms with Crippen molar-refractivity contribution in [3.63, 3.8) is 0 Å². The van der Waals surface area contributed by atoms with Crippen LogP contribution in [0.1, 0.15) is 12.8 Å². The molecular weight excluding hydrogens is 247 g/mol. The largest absolute Gasteiger partial charge is 0.315 e. The quantitative estimate of drug-likeness (QED) is 0.834. The minimum Gasteiger partial charge on any atom is -0.315 e. The van der Waals surface area contributed by atoms with Crippen molar-refractivity contribution in [2.45, 2.75) is 12.8 Å². The summed E-state index contributed by atoms with van der Waals surface area (Å²) in [4.78, 5) is 13.1. The van der Waals surface area contributed by atoms with Gasteiger partial charge >= 0.3 is 0 Å². The van der Waals surface area contributed by atoms with E-state index in [-0.39, 0.29) is 18.7 Å². The number of anilines is 1. The number of benzene rings is 1. The molecule has 0 atom stereocenters. The lowest BCUT2D eigenvalue weighted by molar-refractivity contribution is -0.118. The molecule has 16 heavy (non-hydrogen) atoms. The van der Waals surface area contributed by atoms with Gasteiger partial charge in [-0.3, -0.25) is 4.79 Å². The molecule has 0 unspecified atom stereocenters. The van der Waals surface area contributed by atoms with Crippen LogP contribution in [0.15, 0.2) is 18.2 Å². The van der Waals surface area contributed by atoms with Crippen molar-refractivity contribution in [1.82, 2.24) is 0 Å². The van der Waals surface area contributed by atoms with E-state index >= 15 is 0 Å². The first kappa shape index (κ1) is 12.8. The Kier molecular flexibility index (Phi) is 4.60. The second-order valence-corrected chi connectivity index (χ2v) is 4.02. The van der Waals surface area contributed by atoms with Crippen LogP contribution in [0.3, 0.4) is 0 Å². The fraction of sp³-hybridized carbons (Fsp3) is 0.273. The molecule has 0 aromatic heterocycles. The average Bonchev–Trinajstić information content (AvgIpc) is 2.28. The average molecular weight is 257 g/mol. The molecule has 3 nitrogen and oxygen atoms in total. The molecular formula is C11H10Cl2N2O. The van der Waals surface area contributed by atoms with Crippen LogP contribution < -0.4 is 4.90 Å². The molecule has 0 heterocycles. The van der Waals surface area contributed by atoms with Crippen molar-refractivity contribution in [2.24, 2.45) is 0 Å².